The number of amides is 2. The molecule has 7 nitrogen and oxygen atoms in total. The molecule has 0 radical (unpaired) electrons. The molecular weight excluding hydrogens is 432 g/mol. The quantitative estimate of drug-likeness (QED) is 0.540. The van der Waals surface area contributed by atoms with E-state index in [1.54, 1.807) is 0 Å². The van der Waals surface area contributed by atoms with E-state index in [9.17, 15) is 19.5 Å². The van der Waals surface area contributed by atoms with Crippen LogP contribution in [-0.2, 0) is 14.3 Å². The Morgan fingerprint density at radius 1 is 1.00 bits per heavy atom. The van der Waals surface area contributed by atoms with E-state index in [4.69, 9.17) is 4.74 Å². The Balaban J connectivity index is 1.36. The van der Waals surface area contributed by atoms with Crippen molar-refractivity contribution in [3.63, 3.8) is 0 Å². The number of fused-ring (bicyclic) bond motifs is 3. The largest absolute Gasteiger partial charge is 0.481 e. The first-order chi connectivity index (χ1) is 16.4. The summed E-state index contributed by atoms with van der Waals surface area (Å²) >= 11 is 0. The van der Waals surface area contributed by atoms with Crippen molar-refractivity contribution in [1.82, 2.24) is 10.6 Å². The van der Waals surface area contributed by atoms with E-state index in [0.717, 1.165) is 41.5 Å². The average molecular weight is 465 g/mol. The lowest BCUT2D eigenvalue weighted by atomic mass is 9.80. The number of hydrogen-bond acceptors (Lipinski definition) is 4. The highest BCUT2D eigenvalue weighted by molar-refractivity contribution is 5.89. The SMILES string of the molecule is CC1CCCCC1CNC(=O)C(CC(=O)O)NC(=O)OCC1c2ccccc2-c2ccccc21. The van der Waals surface area contributed by atoms with Crippen molar-refractivity contribution in [3.8, 4) is 11.1 Å². The fraction of sp³-hybridized carbons (Fsp3) is 0.444. The highest BCUT2D eigenvalue weighted by Crippen LogP contribution is 2.44. The summed E-state index contributed by atoms with van der Waals surface area (Å²) in [6, 6.07) is 14.8. The van der Waals surface area contributed by atoms with E-state index in [2.05, 4.69) is 29.7 Å². The molecule has 3 unspecified atom stereocenters. The normalized spacial score (nSPS) is 20.0. The molecule has 2 aromatic rings. The van der Waals surface area contributed by atoms with Crippen LogP contribution in [0.4, 0.5) is 4.79 Å². The van der Waals surface area contributed by atoms with Gasteiger partial charge in [-0.1, -0.05) is 74.7 Å². The van der Waals surface area contributed by atoms with Gasteiger partial charge in [-0.25, -0.2) is 4.79 Å². The van der Waals surface area contributed by atoms with E-state index in [0.29, 0.717) is 18.4 Å². The van der Waals surface area contributed by atoms with E-state index >= 15 is 0 Å². The lowest BCUT2D eigenvalue weighted by Crippen LogP contribution is -2.49. The molecule has 3 atom stereocenters. The van der Waals surface area contributed by atoms with Crippen LogP contribution in [-0.4, -0.2) is 42.3 Å². The second-order valence-electron chi connectivity index (χ2n) is 9.39. The molecule has 0 aromatic heterocycles. The summed E-state index contributed by atoms with van der Waals surface area (Å²) in [6.45, 7) is 2.77. The Labute approximate surface area is 199 Å². The molecule has 0 heterocycles. The molecule has 3 N–H and O–H groups in total. The number of hydrogen-bond donors (Lipinski definition) is 3. The van der Waals surface area contributed by atoms with Gasteiger partial charge in [0, 0.05) is 12.5 Å². The monoisotopic (exact) mass is 464 g/mol. The van der Waals surface area contributed by atoms with Gasteiger partial charge in [0.1, 0.15) is 12.6 Å². The Morgan fingerprint density at radius 3 is 2.24 bits per heavy atom. The summed E-state index contributed by atoms with van der Waals surface area (Å²) in [5.41, 5.74) is 4.40. The second-order valence-corrected chi connectivity index (χ2v) is 9.39. The number of carbonyl (C=O) groups is 3. The molecule has 4 rings (SSSR count). The van der Waals surface area contributed by atoms with Crippen LogP contribution in [0.2, 0.25) is 0 Å². The van der Waals surface area contributed by atoms with Crippen molar-refractivity contribution < 1.29 is 24.2 Å². The van der Waals surface area contributed by atoms with Crippen molar-refractivity contribution in [3.05, 3.63) is 59.7 Å². The first-order valence-electron chi connectivity index (χ1n) is 12.0. The number of aliphatic carboxylic acids is 1. The summed E-state index contributed by atoms with van der Waals surface area (Å²) < 4.78 is 5.49. The number of alkyl carbamates (subject to hydrolysis) is 1. The van der Waals surface area contributed by atoms with Gasteiger partial charge in [-0.05, 0) is 40.5 Å². The minimum Gasteiger partial charge on any atom is -0.481 e. The highest BCUT2D eigenvalue weighted by atomic mass is 16.5. The van der Waals surface area contributed by atoms with Gasteiger partial charge < -0.3 is 20.5 Å². The summed E-state index contributed by atoms with van der Waals surface area (Å²) in [6.07, 6.45) is 3.23. The summed E-state index contributed by atoms with van der Waals surface area (Å²) in [5, 5.41) is 14.6. The molecule has 0 aliphatic heterocycles. The summed E-state index contributed by atoms with van der Waals surface area (Å²) in [5.74, 6) is -0.879. The third-order valence-electron chi connectivity index (χ3n) is 7.16. The molecule has 1 saturated carbocycles. The fourth-order valence-electron chi connectivity index (χ4n) is 5.22. The molecule has 0 bridgehead atoms. The first-order valence-corrected chi connectivity index (χ1v) is 12.0. The van der Waals surface area contributed by atoms with Gasteiger partial charge in [-0.15, -0.1) is 0 Å². The molecule has 0 spiro atoms. The van der Waals surface area contributed by atoms with Gasteiger partial charge in [-0.3, -0.25) is 9.59 Å². The van der Waals surface area contributed by atoms with Gasteiger partial charge >= 0.3 is 12.1 Å². The van der Waals surface area contributed by atoms with Gasteiger partial charge in [0.25, 0.3) is 0 Å². The van der Waals surface area contributed by atoms with Crippen LogP contribution in [0, 0.1) is 11.8 Å². The molecule has 2 amide bonds. The molecule has 2 aliphatic rings. The number of nitrogens with one attached hydrogen (secondary N) is 2. The molecule has 180 valence electrons. The van der Waals surface area contributed by atoms with Crippen molar-refractivity contribution in [2.45, 2.75) is 51.0 Å². The zero-order valence-electron chi connectivity index (χ0n) is 19.5. The third kappa shape index (κ3) is 5.41. The van der Waals surface area contributed by atoms with Crippen LogP contribution in [0.25, 0.3) is 11.1 Å². The minimum atomic E-state index is -1.19. The Bertz CT molecular complexity index is 1010. The van der Waals surface area contributed by atoms with Gasteiger partial charge in [0.15, 0.2) is 0 Å². The molecular formula is C27H32N2O5. The van der Waals surface area contributed by atoms with Gasteiger partial charge in [0.05, 0.1) is 6.42 Å². The van der Waals surface area contributed by atoms with Crippen LogP contribution < -0.4 is 10.6 Å². The molecule has 1 fully saturated rings. The lowest BCUT2D eigenvalue weighted by molar-refractivity contribution is -0.139. The van der Waals surface area contributed by atoms with E-state index < -0.39 is 30.4 Å². The van der Waals surface area contributed by atoms with Crippen LogP contribution in [0.1, 0.15) is 56.1 Å². The maximum Gasteiger partial charge on any atom is 0.407 e. The number of carboxylic acid groups (broad SMARTS) is 1. The van der Waals surface area contributed by atoms with E-state index in [1.807, 2.05) is 36.4 Å². The van der Waals surface area contributed by atoms with Crippen molar-refractivity contribution >= 4 is 18.0 Å². The molecule has 2 aliphatic carbocycles. The predicted molar refractivity (Wildman–Crippen MR) is 128 cm³/mol. The van der Waals surface area contributed by atoms with Crippen molar-refractivity contribution in [2.24, 2.45) is 11.8 Å². The second kappa shape index (κ2) is 10.7. The fourth-order valence-corrected chi connectivity index (χ4v) is 5.22. The number of rotatable bonds is 8. The first kappa shape index (κ1) is 23.8. The topological polar surface area (TPSA) is 105 Å². The van der Waals surface area contributed by atoms with E-state index in [1.165, 1.54) is 6.42 Å². The molecule has 2 aromatic carbocycles. The maximum absolute atomic E-state index is 12.7. The van der Waals surface area contributed by atoms with Gasteiger partial charge in [-0.2, -0.15) is 0 Å². The van der Waals surface area contributed by atoms with Crippen LogP contribution in [0.15, 0.2) is 48.5 Å². The lowest BCUT2D eigenvalue weighted by Gasteiger charge is -2.29. The number of carboxylic acids is 1. The summed E-state index contributed by atoms with van der Waals surface area (Å²) in [4.78, 5) is 36.6. The Morgan fingerprint density at radius 2 is 1.62 bits per heavy atom. The zero-order valence-corrected chi connectivity index (χ0v) is 19.5. The minimum absolute atomic E-state index is 0.0981. The molecule has 7 heteroatoms. The van der Waals surface area contributed by atoms with Crippen molar-refractivity contribution in [2.75, 3.05) is 13.2 Å². The van der Waals surface area contributed by atoms with Crippen LogP contribution in [0.3, 0.4) is 0 Å². The smallest absolute Gasteiger partial charge is 0.407 e. The highest BCUT2D eigenvalue weighted by Gasteiger charge is 2.30. The van der Waals surface area contributed by atoms with Crippen molar-refractivity contribution in [1.29, 1.82) is 0 Å². The Hall–Kier alpha value is -3.35. The third-order valence-corrected chi connectivity index (χ3v) is 7.16. The van der Waals surface area contributed by atoms with Gasteiger partial charge in [0.2, 0.25) is 5.91 Å². The van der Waals surface area contributed by atoms with Crippen LogP contribution in [0.5, 0.6) is 0 Å². The van der Waals surface area contributed by atoms with Crippen LogP contribution >= 0.6 is 0 Å². The Kier molecular flexibility index (Phi) is 7.50. The molecule has 0 saturated heterocycles. The number of ether oxygens (including phenoxy) is 1. The maximum atomic E-state index is 12.7. The zero-order chi connectivity index (χ0) is 24.1. The standard InChI is InChI=1S/C27H32N2O5/c1-17-8-2-3-9-18(17)15-28-26(32)24(14-25(30)31)29-27(33)34-16-23-21-12-6-4-10-19(21)20-11-5-7-13-22(20)23/h4-7,10-13,17-18,23-24H,2-3,8-9,14-16H2,1H3,(H,28,32)(H,29,33)(H,30,31). The average Bonchev–Trinajstić information content (AvgIpc) is 3.15. The molecule has 34 heavy (non-hydrogen) atoms. The van der Waals surface area contributed by atoms with E-state index in [-0.39, 0.29) is 12.5 Å². The number of benzene rings is 2. The summed E-state index contributed by atoms with van der Waals surface area (Å²) in [7, 11) is 0. The predicted octanol–water partition coefficient (Wildman–Crippen LogP) is 4.31. The number of carbonyl (C=O) groups excluding carboxylic acids is 2.